The van der Waals surface area contributed by atoms with Gasteiger partial charge in [0.2, 0.25) is 0 Å². The summed E-state index contributed by atoms with van der Waals surface area (Å²) in [4.78, 5) is 12.9. The third kappa shape index (κ3) is 1.55. The molecule has 2 fully saturated rings. The minimum atomic E-state index is 0.292. The van der Waals surface area contributed by atoms with Crippen LogP contribution < -0.4 is 0 Å². The van der Waals surface area contributed by atoms with Crippen LogP contribution in [0.5, 0.6) is 0 Å². The van der Waals surface area contributed by atoms with Gasteiger partial charge in [0.1, 0.15) is 0 Å². The minimum Gasteiger partial charge on any atom is -0.293 e. The Bertz CT molecular complexity index is 398. The van der Waals surface area contributed by atoms with E-state index in [0.29, 0.717) is 17.1 Å². The fourth-order valence-corrected chi connectivity index (χ4v) is 3.97. The van der Waals surface area contributed by atoms with Crippen LogP contribution >= 0.6 is 22.9 Å². The lowest BCUT2D eigenvalue weighted by molar-refractivity contribution is -0.0148. The first-order valence-corrected chi connectivity index (χ1v) is 6.68. The predicted octanol–water partition coefficient (Wildman–Crippen LogP) is 4.16. The molecule has 2 aliphatic rings. The van der Waals surface area contributed by atoms with E-state index in [1.807, 2.05) is 12.1 Å². The van der Waals surface area contributed by atoms with E-state index in [2.05, 4.69) is 0 Å². The van der Waals surface area contributed by atoms with E-state index in [1.54, 1.807) is 0 Å². The number of hydrogen-bond donors (Lipinski definition) is 0. The molecular formula is C12H13ClOS. The van der Waals surface area contributed by atoms with Gasteiger partial charge in [0.25, 0.3) is 0 Å². The number of halogens is 1. The number of thiophene rings is 1. The summed E-state index contributed by atoms with van der Waals surface area (Å²) in [5, 5.41) is 0. The first kappa shape index (κ1) is 9.86. The van der Waals surface area contributed by atoms with Gasteiger partial charge in [-0.15, -0.1) is 11.3 Å². The molecule has 1 spiro atoms. The van der Waals surface area contributed by atoms with Crippen molar-refractivity contribution < 1.29 is 4.79 Å². The zero-order valence-electron chi connectivity index (χ0n) is 8.46. The third-order valence-electron chi connectivity index (χ3n) is 3.96. The Hall–Kier alpha value is -0.340. The van der Waals surface area contributed by atoms with Crippen LogP contribution in [0.4, 0.5) is 0 Å². The van der Waals surface area contributed by atoms with Crippen molar-refractivity contribution in [2.45, 2.75) is 32.1 Å². The highest BCUT2D eigenvalue weighted by Gasteiger charge is 2.50. The molecule has 0 amide bonds. The molecule has 1 aromatic rings. The molecule has 15 heavy (non-hydrogen) atoms. The molecule has 0 atom stereocenters. The second kappa shape index (κ2) is 3.33. The molecule has 0 saturated heterocycles. The van der Waals surface area contributed by atoms with E-state index in [9.17, 15) is 4.79 Å². The molecule has 1 heterocycles. The number of Topliss-reactive ketones (excluding diaryl/α,β-unsaturated/α-hetero) is 1. The summed E-state index contributed by atoms with van der Waals surface area (Å²) in [7, 11) is 0. The van der Waals surface area contributed by atoms with Gasteiger partial charge < -0.3 is 0 Å². The Labute approximate surface area is 98.4 Å². The molecule has 2 aliphatic carbocycles. The summed E-state index contributed by atoms with van der Waals surface area (Å²) >= 11 is 7.25. The molecule has 1 aromatic heterocycles. The highest BCUT2D eigenvalue weighted by atomic mass is 35.5. The smallest absolute Gasteiger partial charge is 0.175 e. The summed E-state index contributed by atoms with van der Waals surface area (Å²) in [5.41, 5.74) is 0.585. The van der Waals surface area contributed by atoms with E-state index in [-0.39, 0.29) is 0 Å². The highest BCUT2D eigenvalue weighted by Crippen LogP contribution is 2.59. The summed E-state index contributed by atoms with van der Waals surface area (Å²) in [6.07, 6.45) is 6.32. The van der Waals surface area contributed by atoms with Crippen molar-refractivity contribution in [2.24, 2.45) is 11.3 Å². The topological polar surface area (TPSA) is 17.1 Å². The molecule has 3 rings (SSSR count). The van der Waals surface area contributed by atoms with Crippen LogP contribution in [0, 0.1) is 11.3 Å². The molecular weight excluding hydrogens is 228 g/mol. The first-order chi connectivity index (χ1) is 7.19. The third-order valence-corrected chi connectivity index (χ3v) is 5.21. The van der Waals surface area contributed by atoms with E-state index in [1.165, 1.54) is 30.6 Å². The zero-order valence-corrected chi connectivity index (χ0v) is 10.0. The molecule has 0 aliphatic heterocycles. The summed E-state index contributed by atoms with van der Waals surface area (Å²) in [6.45, 7) is 0. The van der Waals surface area contributed by atoms with Gasteiger partial charge >= 0.3 is 0 Å². The number of carbonyl (C=O) groups is 1. The molecule has 0 N–H and O–H groups in total. The largest absolute Gasteiger partial charge is 0.293 e. The van der Waals surface area contributed by atoms with Gasteiger partial charge in [-0.25, -0.2) is 0 Å². The summed E-state index contributed by atoms with van der Waals surface area (Å²) in [5.74, 6) is 0.615. The number of hydrogen-bond acceptors (Lipinski definition) is 2. The van der Waals surface area contributed by atoms with Gasteiger partial charge in [-0.1, -0.05) is 18.0 Å². The van der Waals surface area contributed by atoms with Gasteiger partial charge in [-0.3, -0.25) is 4.79 Å². The maximum atomic E-state index is 12.0. The van der Waals surface area contributed by atoms with Crippen molar-refractivity contribution in [2.75, 3.05) is 0 Å². The number of ketones is 1. The van der Waals surface area contributed by atoms with Crippen molar-refractivity contribution in [3.63, 3.8) is 0 Å². The summed E-state index contributed by atoms with van der Waals surface area (Å²) < 4.78 is 0.719. The van der Waals surface area contributed by atoms with Crippen LogP contribution in [-0.4, -0.2) is 5.78 Å². The van der Waals surface area contributed by atoms with Gasteiger partial charge in [-0.2, -0.15) is 0 Å². The van der Waals surface area contributed by atoms with Crippen molar-refractivity contribution in [1.29, 1.82) is 0 Å². The SMILES string of the molecule is O=C(c1ccc(Cl)s1)C1CC2(CCC2)C1. The predicted molar refractivity (Wildman–Crippen MR) is 62.7 cm³/mol. The Kier molecular flexibility index (Phi) is 2.18. The van der Waals surface area contributed by atoms with Crippen LogP contribution in [0.1, 0.15) is 41.8 Å². The maximum absolute atomic E-state index is 12.0. The van der Waals surface area contributed by atoms with E-state index in [4.69, 9.17) is 11.6 Å². The van der Waals surface area contributed by atoms with E-state index < -0.39 is 0 Å². The van der Waals surface area contributed by atoms with Gasteiger partial charge in [0, 0.05) is 5.92 Å². The lowest BCUT2D eigenvalue weighted by Crippen LogP contribution is -2.45. The molecule has 1 nitrogen and oxygen atoms in total. The van der Waals surface area contributed by atoms with Crippen LogP contribution in [0.3, 0.4) is 0 Å². The minimum absolute atomic E-state index is 0.292. The van der Waals surface area contributed by atoms with Gasteiger partial charge in [0.15, 0.2) is 5.78 Å². The quantitative estimate of drug-likeness (QED) is 0.710. The Morgan fingerprint density at radius 2 is 2.13 bits per heavy atom. The van der Waals surface area contributed by atoms with Crippen LogP contribution in [-0.2, 0) is 0 Å². The number of rotatable bonds is 2. The number of carbonyl (C=O) groups excluding carboxylic acids is 1. The molecule has 80 valence electrons. The molecule has 0 unspecified atom stereocenters. The molecule has 3 heteroatoms. The lowest BCUT2D eigenvalue weighted by Gasteiger charge is -2.53. The normalized spacial score (nSPS) is 23.5. The monoisotopic (exact) mass is 240 g/mol. The standard InChI is InChI=1S/C12H13ClOS/c13-10-3-2-9(15-10)11(14)8-6-12(7-8)4-1-5-12/h2-3,8H,1,4-7H2. The molecule has 2 saturated carbocycles. The van der Waals surface area contributed by atoms with Crippen molar-refractivity contribution in [3.8, 4) is 0 Å². The Morgan fingerprint density at radius 1 is 1.40 bits per heavy atom. The van der Waals surface area contributed by atoms with E-state index >= 15 is 0 Å². The first-order valence-electron chi connectivity index (χ1n) is 5.48. The second-order valence-corrected chi connectivity index (χ2v) is 6.64. The van der Waals surface area contributed by atoms with Crippen molar-refractivity contribution in [1.82, 2.24) is 0 Å². The fourth-order valence-electron chi connectivity index (χ4n) is 2.90. The maximum Gasteiger partial charge on any atom is 0.175 e. The van der Waals surface area contributed by atoms with Crippen molar-refractivity contribution in [3.05, 3.63) is 21.3 Å². The fraction of sp³-hybridized carbons (Fsp3) is 0.583. The zero-order chi connectivity index (χ0) is 10.5. The average Bonchev–Trinajstić information content (AvgIpc) is 2.46. The molecule has 0 aromatic carbocycles. The van der Waals surface area contributed by atoms with Crippen LogP contribution in [0.25, 0.3) is 0 Å². The van der Waals surface area contributed by atoms with Crippen LogP contribution in [0.2, 0.25) is 4.34 Å². The molecule has 0 radical (unpaired) electrons. The van der Waals surface area contributed by atoms with E-state index in [0.717, 1.165) is 22.1 Å². The Morgan fingerprint density at radius 3 is 2.60 bits per heavy atom. The lowest BCUT2D eigenvalue weighted by atomic mass is 9.51. The van der Waals surface area contributed by atoms with Crippen molar-refractivity contribution >= 4 is 28.7 Å². The molecule has 0 bridgehead atoms. The average molecular weight is 241 g/mol. The van der Waals surface area contributed by atoms with Crippen LogP contribution in [0.15, 0.2) is 12.1 Å². The summed E-state index contributed by atoms with van der Waals surface area (Å²) in [6, 6.07) is 3.68. The highest BCUT2D eigenvalue weighted by molar-refractivity contribution is 7.18. The Balaban J connectivity index is 1.67. The second-order valence-electron chi connectivity index (χ2n) is 4.93. The van der Waals surface area contributed by atoms with Gasteiger partial charge in [-0.05, 0) is 43.2 Å². The van der Waals surface area contributed by atoms with Gasteiger partial charge in [0.05, 0.1) is 9.21 Å².